The molecule has 1 aliphatic rings. The highest BCUT2D eigenvalue weighted by Crippen LogP contribution is 2.25. The molecule has 3 nitrogen and oxygen atoms in total. The quantitative estimate of drug-likeness (QED) is 0.839. The number of carbonyl (C=O) groups is 1. The fourth-order valence-corrected chi connectivity index (χ4v) is 2.45. The van der Waals surface area contributed by atoms with Crippen LogP contribution in [0.2, 0.25) is 0 Å². The zero-order chi connectivity index (χ0) is 12.8. The first kappa shape index (κ1) is 17.7. The molecule has 1 unspecified atom stereocenters. The van der Waals surface area contributed by atoms with Crippen LogP contribution >= 0.6 is 12.4 Å². The summed E-state index contributed by atoms with van der Waals surface area (Å²) in [5.74, 6) is 1.11. The van der Waals surface area contributed by atoms with E-state index in [2.05, 4.69) is 13.8 Å². The van der Waals surface area contributed by atoms with Gasteiger partial charge in [0.05, 0.1) is 0 Å². The highest BCUT2D eigenvalue weighted by Gasteiger charge is 2.24. The molecule has 18 heavy (non-hydrogen) atoms. The number of hydrogen-bond acceptors (Lipinski definition) is 2. The third-order valence-electron chi connectivity index (χ3n) is 3.98. The van der Waals surface area contributed by atoms with Gasteiger partial charge in [-0.1, -0.05) is 33.1 Å². The lowest BCUT2D eigenvalue weighted by Crippen LogP contribution is -2.38. The van der Waals surface area contributed by atoms with Gasteiger partial charge in [-0.25, -0.2) is 0 Å². The molecule has 1 aliphatic carbocycles. The first-order valence-electron chi connectivity index (χ1n) is 7.03. The van der Waals surface area contributed by atoms with E-state index in [1.165, 1.54) is 19.3 Å². The van der Waals surface area contributed by atoms with Crippen molar-refractivity contribution in [3.8, 4) is 0 Å². The van der Waals surface area contributed by atoms with Crippen molar-refractivity contribution in [3.05, 3.63) is 0 Å². The van der Waals surface area contributed by atoms with Crippen LogP contribution in [0.5, 0.6) is 0 Å². The predicted octanol–water partition coefficient (Wildman–Crippen LogP) is 2.82. The lowest BCUT2D eigenvalue weighted by atomic mass is 9.88. The molecule has 0 saturated heterocycles. The van der Waals surface area contributed by atoms with E-state index in [4.69, 9.17) is 5.73 Å². The Labute approximate surface area is 118 Å². The number of rotatable bonds is 5. The number of nitrogens with two attached hydrogens (primary N) is 1. The molecule has 4 heteroatoms. The number of halogens is 1. The summed E-state index contributed by atoms with van der Waals surface area (Å²) >= 11 is 0. The van der Waals surface area contributed by atoms with Crippen LogP contribution in [-0.2, 0) is 4.79 Å². The van der Waals surface area contributed by atoms with Crippen molar-refractivity contribution in [2.45, 2.75) is 58.4 Å². The second-order valence-corrected chi connectivity index (χ2v) is 5.79. The maximum atomic E-state index is 12.2. The van der Waals surface area contributed by atoms with Gasteiger partial charge in [-0.3, -0.25) is 4.79 Å². The van der Waals surface area contributed by atoms with Crippen LogP contribution in [0.3, 0.4) is 0 Å². The van der Waals surface area contributed by atoms with Crippen LogP contribution in [0.25, 0.3) is 0 Å². The second-order valence-electron chi connectivity index (χ2n) is 5.79. The number of carbonyl (C=O) groups excluding carboxylic acids is 1. The normalized spacial score (nSPS) is 18.3. The fourth-order valence-electron chi connectivity index (χ4n) is 2.45. The van der Waals surface area contributed by atoms with Gasteiger partial charge in [0.15, 0.2) is 0 Å². The van der Waals surface area contributed by atoms with Gasteiger partial charge in [-0.05, 0) is 25.2 Å². The Balaban J connectivity index is 0.00000289. The lowest BCUT2D eigenvalue weighted by Gasteiger charge is -2.27. The summed E-state index contributed by atoms with van der Waals surface area (Å²) < 4.78 is 0. The summed E-state index contributed by atoms with van der Waals surface area (Å²) in [6.45, 7) is 5.07. The fraction of sp³-hybridized carbons (Fsp3) is 0.929. The lowest BCUT2D eigenvalue weighted by molar-refractivity contribution is -0.135. The zero-order valence-corrected chi connectivity index (χ0v) is 12.8. The van der Waals surface area contributed by atoms with E-state index >= 15 is 0 Å². The number of nitrogens with zero attached hydrogens (tertiary/aromatic N) is 1. The molecule has 1 rings (SSSR count). The summed E-state index contributed by atoms with van der Waals surface area (Å²) in [6.07, 6.45) is 6.81. The molecular formula is C14H29ClN2O. The van der Waals surface area contributed by atoms with Crippen molar-refractivity contribution in [1.82, 2.24) is 4.90 Å². The largest absolute Gasteiger partial charge is 0.345 e. The maximum absolute atomic E-state index is 12.2. The Kier molecular flexibility index (Phi) is 8.62. The molecule has 1 saturated carbocycles. The van der Waals surface area contributed by atoms with Crippen LogP contribution in [-0.4, -0.2) is 30.4 Å². The average Bonchev–Trinajstić information content (AvgIpc) is 2.35. The maximum Gasteiger partial charge on any atom is 0.225 e. The molecule has 1 amide bonds. The van der Waals surface area contributed by atoms with Gasteiger partial charge in [-0.2, -0.15) is 0 Å². The molecule has 0 aromatic heterocycles. The summed E-state index contributed by atoms with van der Waals surface area (Å²) in [5, 5.41) is 0. The van der Waals surface area contributed by atoms with Gasteiger partial charge in [-0.15, -0.1) is 12.4 Å². The van der Waals surface area contributed by atoms with Gasteiger partial charge in [0.1, 0.15) is 0 Å². The summed E-state index contributed by atoms with van der Waals surface area (Å²) in [6, 6.07) is 0.205. The van der Waals surface area contributed by atoms with Crippen molar-refractivity contribution in [2.24, 2.45) is 17.6 Å². The molecule has 1 atom stereocenters. The third kappa shape index (κ3) is 5.57. The SMILES string of the molecule is CC(C)C(N)CCN(C)C(=O)C1CCCCC1.Cl. The molecule has 0 aromatic rings. The molecule has 108 valence electrons. The smallest absolute Gasteiger partial charge is 0.225 e. The van der Waals surface area contributed by atoms with Crippen molar-refractivity contribution in [1.29, 1.82) is 0 Å². The van der Waals surface area contributed by atoms with E-state index in [-0.39, 0.29) is 24.4 Å². The van der Waals surface area contributed by atoms with Crippen LogP contribution in [0.4, 0.5) is 0 Å². The summed E-state index contributed by atoms with van der Waals surface area (Å²) in [4.78, 5) is 14.1. The Bertz CT molecular complexity index is 240. The standard InChI is InChI=1S/C14H28N2O.ClH/c1-11(2)13(15)9-10-16(3)14(17)12-7-5-4-6-8-12;/h11-13H,4-10,15H2,1-3H3;1H. The Hall–Kier alpha value is -0.280. The minimum atomic E-state index is 0. The van der Waals surface area contributed by atoms with E-state index in [0.717, 1.165) is 25.8 Å². The predicted molar refractivity (Wildman–Crippen MR) is 78.9 cm³/mol. The Morgan fingerprint density at radius 3 is 2.33 bits per heavy atom. The molecule has 0 aromatic carbocycles. The highest BCUT2D eigenvalue weighted by molar-refractivity contribution is 5.85. The van der Waals surface area contributed by atoms with E-state index in [1.807, 2.05) is 11.9 Å². The molecule has 1 fully saturated rings. The van der Waals surface area contributed by atoms with E-state index in [0.29, 0.717) is 11.8 Å². The minimum Gasteiger partial charge on any atom is -0.345 e. The highest BCUT2D eigenvalue weighted by atomic mass is 35.5. The topological polar surface area (TPSA) is 46.3 Å². The molecule has 0 heterocycles. The molecular weight excluding hydrogens is 248 g/mol. The summed E-state index contributed by atoms with van der Waals surface area (Å²) in [7, 11) is 1.92. The van der Waals surface area contributed by atoms with Crippen molar-refractivity contribution >= 4 is 18.3 Å². The molecule has 0 aliphatic heterocycles. The third-order valence-corrected chi connectivity index (χ3v) is 3.98. The van der Waals surface area contributed by atoms with Crippen molar-refractivity contribution < 1.29 is 4.79 Å². The Morgan fingerprint density at radius 2 is 1.83 bits per heavy atom. The molecule has 0 radical (unpaired) electrons. The van der Waals surface area contributed by atoms with Gasteiger partial charge in [0.2, 0.25) is 5.91 Å². The van der Waals surface area contributed by atoms with Crippen molar-refractivity contribution in [3.63, 3.8) is 0 Å². The van der Waals surface area contributed by atoms with E-state index in [9.17, 15) is 4.79 Å². The molecule has 0 spiro atoms. The Morgan fingerprint density at radius 1 is 1.28 bits per heavy atom. The van der Waals surface area contributed by atoms with Crippen LogP contribution in [0.1, 0.15) is 52.4 Å². The number of hydrogen-bond donors (Lipinski definition) is 1. The average molecular weight is 277 g/mol. The van der Waals surface area contributed by atoms with Crippen LogP contribution in [0, 0.1) is 11.8 Å². The monoisotopic (exact) mass is 276 g/mol. The first-order chi connectivity index (χ1) is 8.02. The van der Waals surface area contributed by atoms with E-state index < -0.39 is 0 Å². The van der Waals surface area contributed by atoms with Crippen molar-refractivity contribution in [2.75, 3.05) is 13.6 Å². The molecule has 2 N–H and O–H groups in total. The van der Waals surface area contributed by atoms with Gasteiger partial charge in [0, 0.05) is 25.6 Å². The van der Waals surface area contributed by atoms with Crippen LogP contribution in [0.15, 0.2) is 0 Å². The number of amides is 1. The van der Waals surface area contributed by atoms with Gasteiger partial charge in [0.25, 0.3) is 0 Å². The summed E-state index contributed by atoms with van der Waals surface area (Å²) in [5.41, 5.74) is 6.01. The zero-order valence-electron chi connectivity index (χ0n) is 12.0. The van der Waals surface area contributed by atoms with Crippen LogP contribution < -0.4 is 5.73 Å². The van der Waals surface area contributed by atoms with E-state index in [1.54, 1.807) is 0 Å². The van der Waals surface area contributed by atoms with Gasteiger partial charge >= 0.3 is 0 Å². The first-order valence-corrected chi connectivity index (χ1v) is 7.03. The van der Waals surface area contributed by atoms with Gasteiger partial charge < -0.3 is 10.6 Å². The molecule has 0 bridgehead atoms. The second kappa shape index (κ2) is 8.76. The minimum absolute atomic E-state index is 0.